The van der Waals surface area contributed by atoms with Crippen LogP contribution in [-0.4, -0.2) is 25.0 Å². The Bertz CT molecular complexity index is 390. The molecule has 1 aromatic rings. The molecule has 1 fully saturated rings. The van der Waals surface area contributed by atoms with Crippen LogP contribution >= 0.6 is 0 Å². The van der Waals surface area contributed by atoms with Crippen molar-refractivity contribution in [2.75, 3.05) is 13.1 Å². The highest BCUT2D eigenvalue weighted by Crippen LogP contribution is 2.14. The van der Waals surface area contributed by atoms with Crippen LogP contribution in [0.25, 0.3) is 0 Å². The summed E-state index contributed by atoms with van der Waals surface area (Å²) in [6.07, 6.45) is 3.17. The Balaban J connectivity index is 1.98. The van der Waals surface area contributed by atoms with E-state index >= 15 is 0 Å². The third-order valence-electron chi connectivity index (χ3n) is 3.20. The average Bonchev–Trinajstić information content (AvgIpc) is 2.51. The predicted octanol–water partition coefficient (Wildman–Crippen LogP) is 1.77. The van der Waals surface area contributed by atoms with Gasteiger partial charge in [0.25, 0.3) is 5.91 Å². The van der Waals surface area contributed by atoms with E-state index in [0.29, 0.717) is 11.3 Å². The second-order valence-electron chi connectivity index (χ2n) is 4.68. The Morgan fingerprint density at radius 2 is 2.24 bits per heavy atom. The van der Waals surface area contributed by atoms with Crippen molar-refractivity contribution in [2.24, 2.45) is 0 Å². The van der Waals surface area contributed by atoms with Crippen LogP contribution in [0, 0.1) is 13.8 Å². The van der Waals surface area contributed by atoms with Crippen LogP contribution in [0.15, 0.2) is 10.5 Å². The highest BCUT2D eigenvalue weighted by molar-refractivity contribution is 5.95. The molecule has 2 heterocycles. The minimum Gasteiger partial charge on any atom is -0.466 e. The number of nitrogens with one attached hydrogen (secondary N) is 2. The number of hydrogen-bond donors (Lipinski definition) is 2. The quantitative estimate of drug-likeness (QED) is 0.822. The Labute approximate surface area is 102 Å². The van der Waals surface area contributed by atoms with Crippen LogP contribution in [0.5, 0.6) is 0 Å². The van der Waals surface area contributed by atoms with Crippen molar-refractivity contribution >= 4 is 5.91 Å². The third kappa shape index (κ3) is 3.09. The fraction of sp³-hybridized carbons (Fsp3) is 0.615. The Hall–Kier alpha value is -1.29. The smallest absolute Gasteiger partial charge is 0.255 e. The molecule has 1 unspecified atom stereocenters. The largest absolute Gasteiger partial charge is 0.466 e. The van der Waals surface area contributed by atoms with Gasteiger partial charge in [0.1, 0.15) is 11.5 Å². The lowest BCUT2D eigenvalue weighted by Gasteiger charge is -2.15. The number of carbonyl (C=O) groups is 1. The fourth-order valence-electron chi connectivity index (χ4n) is 2.28. The van der Waals surface area contributed by atoms with E-state index in [-0.39, 0.29) is 11.9 Å². The first kappa shape index (κ1) is 12.2. The Morgan fingerprint density at radius 3 is 2.94 bits per heavy atom. The summed E-state index contributed by atoms with van der Waals surface area (Å²) in [5.41, 5.74) is 0.666. The lowest BCUT2D eigenvalue weighted by molar-refractivity contribution is 0.0932. The second kappa shape index (κ2) is 5.36. The van der Waals surface area contributed by atoms with E-state index < -0.39 is 0 Å². The predicted molar refractivity (Wildman–Crippen MR) is 66.2 cm³/mol. The first-order valence-corrected chi connectivity index (χ1v) is 6.25. The zero-order valence-corrected chi connectivity index (χ0v) is 10.5. The molecule has 1 amide bonds. The standard InChI is InChI=1S/C13H20N2O2/c1-9-8-12(10(2)17-9)13(16)15-11-4-3-6-14-7-5-11/h8,11,14H,3-7H2,1-2H3,(H,15,16). The SMILES string of the molecule is Cc1cc(C(=O)NC2CCCNCC2)c(C)o1. The summed E-state index contributed by atoms with van der Waals surface area (Å²) >= 11 is 0. The molecule has 1 saturated heterocycles. The van der Waals surface area contributed by atoms with Gasteiger partial charge in [-0.3, -0.25) is 4.79 Å². The molecule has 1 atom stereocenters. The maximum Gasteiger partial charge on any atom is 0.255 e. The van der Waals surface area contributed by atoms with Crippen molar-refractivity contribution in [2.45, 2.75) is 39.2 Å². The first-order valence-electron chi connectivity index (χ1n) is 6.25. The van der Waals surface area contributed by atoms with Gasteiger partial charge >= 0.3 is 0 Å². The summed E-state index contributed by atoms with van der Waals surface area (Å²) in [7, 11) is 0. The topological polar surface area (TPSA) is 54.3 Å². The molecular formula is C13H20N2O2. The molecule has 1 aliphatic heterocycles. The van der Waals surface area contributed by atoms with E-state index in [9.17, 15) is 4.79 Å². The van der Waals surface area contributed by atoms with Gasteiger partial charge < -0.3 is 15.1 Å². The maximum atomic E-state index is 12.1. The van der Waals surface area contributed by atoms with Crippen molar-refractivity contribution in [1.29, 1.82) is 0 Å². The Kier molecular flexibility index (Phi) is 3.84. The molecule has 0 spiro atoms. The molecular weight excluding hydrogens is 216 g/mol. The van der Waals surface area contributed by atoms with Gasteiger partial charge in [0.2, 0.25) is 0 Å². The van der Waals surface area contributed by atoms with E-state index in [1.54, 1.807) is 6.07 Å². The van der Waals surface area contributed by atoms with Gasteiger partial charge in [-0.05, 0) is 52.3 Å². The van der Waals surface area contributed by atoms with Crippen molar-refractivity contribution in [1.82, 2.24) is 10.6 Å². The highest BCUT2D eigenvalue weighted by Gasteiger charge is 2.18. The molecule has 0 saturated carbocycles. The second-order valence-corrected chi connectivity index (χ2v) is 4.68. The van der Waals surface area contributed by atoms with Gasteiger partial charge in [-0.15, -0.1) is 0 Å². The molecule has 4 nitrogen and oxygen atoms in total. The van der Waals surface area contributed by atoms with E-state index in [0.717, 1.165) is 38.1 Å². The summed E-state index contributed by atoms with van der Waals surface area (Å²) in [6, 6.07) is 2.09. The number of carbonyl (C=O) groups excluding carboxylic acids is 1. The minimum atomic E-state index is -0.00810. The van der Waals surface area contributed by atoms with E-state index in [2.05, 4.69) is 10.6 Å². The van der Waals surface area contributed by atoms with E-state index in [1.165, 1.54) is 0 Å². The van der Waals surface area contributed by atoms with Crippen LogP contribution in [0.2, 0.25) is 0 Å². The summed E-state index contributed by atoms with van der Waals surface area (Å²) < 4.78 is 5.38. The number of furan rings is 1. The molecule has 1 aliphatic rings. The molecule has 0 radical (unpaired) electrons. The molecule has 0 aromatic carbocycles. The lowest BCUT2D eigenvalue weighted by atomic mass is 10.1. The van der Waals surface area contributed by atoms with Gasteiger partial charge in [-0.2, -0.15) is 0 Å². The number of rotatable bonds is 2. The monoisotopic (exact) mass is 236 g/mol. The van der Waals surface area contributed by atoms with Crippen LogP contribution in [0.1, 0.15) is 41.1 Å². The van der Waals surface area contributed by atoms with Crippen LogP contribution in [0.4, 0.5) is 0 Å². The lowest BCUT2D eigenvalue weighted by Crippen LogP contribution is -2.35. The van der Waals surface area contributed by atoms with Crippen LogP contribution in [-0.2, 0) is 0 Å². The third-order valence-corrected chi connectivity index (χ3v) is 3.20. The summed E-state index contributed by atoms with van der Waals surface area (Å²) in [6.45, 7) is 5.72. The molecule has 0 bridgehead atoms. The first-order chi connectivity index (χ1) is 8.16. The molecule has 94 valence electrons. The zero-order chi connectivity index (χ0) is 12.3. The van der Waals surface area contributed by atoms with Gasteiger partial charge in [0.05, 0.1) is 5.56 Å². The highest BCUT2D eigenvalue weighted by atomic mass is 16.3. The molecule has 0 aliphatic carbocycles. The van der Waals surface area contributed by atoms with Crippen LogP contribution < -0.4 is 10.6 Å². The van der Waals surface area contributed by atoms with E-state index in [4.69, 9.17) is 4.42 Å². The van der Waals surface area contributed by atoms with Gasteiger partial charge in [-0.1, -0.05) is 0 Å². The van der Waals surface area contributed by atoms with E-state index in [1.807, 2.05) is 13.8 Å². The Morgan fingerprint density at radius 1 is 1.41 bits per heavy atom. The maximum absolute atomic E-state index is 12.1. The average molecular weight is 236 g/mol. The normalized spacial score (nSPS) is 20.9. The zero-order valence-electron chi connectivity index (χ0n) is 10.5. The van der Waals surface area contributed by atoms with Crippen molar-refractivity contribution in [3.05, 3.63) is 23.2 Å². The van der Waals surface area contributed by atoms with Gasteiger partial charge in [-0.25, -0.2) is 0 Å². The molecule has 4 heteroatoms. The summed E-state index contributed by atoms with van der Waals surface area (Å²) in [5.74, 6) is 1.48. The number of aryl methyl sites for hydroxylation is 2. The molecule has 2 N–H and O–H groups in total. The minimum absolute atomic E-state index is 0.00810. The summed E-state index contributed by atoms with van der Waals surface area (Å²) in [5, 5.41) is 6.43. The summed E-state index contributed by atoms with van der Waals surface area (Å²) in [4.78, 5) is 12.1. The fourth-order valence-corrected chi connectivity index (χ4v) is 2.28. The molecule has 1 aromatic heterocycles. The number of amides is 1. The molecule has 17 heavy (non-hydrogen) atoms. The molecule has 2 rings (SSSR count). The van der Waals surface area contributed by atoms with Crippen molar-refractivity contribution in [3.8, 4) is 0 Å². The van der Waals surface area contributed by atoms with Gasteiger partial charge in [0.15, 0.2) is 0 Å². The van der Waals surface area contributed by atoms with Gasteiger partial charge in [0, 0.05) is 6.04 Å². The van der Waals surface area contributed by atoms with Crippen LogP contribution in [0.3, 0.4) is 0 Å². The van der Waals surface area contributed by atoms with Crippen molar-refractivity contribution in [3.63, 3.8) is 0 Å². The van der Waals surface area contributed by atoms with Crippen molar-refractivity contribution < 1.29 is 9.21 Å². The number of hydrogen-bond acceptors (Lipinski definition) is 3.